The maximum atomic E-state index is 12.8. The highest BCUT2D eigenvalue weighted by Crippen LogP contribution is 2.27. The number of nitrogens with one attached hydrogen (secondary N) is 1. The molecule has 138 valence electrons. The van der Waals surface area contributed by atoms with Crippen molar-refractivity contribution in [1.82, 2.24) is 9.88 Å². The Balaban J connectivity index is 2.30. The number of rotatable bonds is 6. The second kappa shape index (κ2) is 8.61. The van der Waals surface area contributed by atoms with Crippen molar-refractivity contribution in [2.45, 2.75) is 40.5 Å². The van der Waals surface area contributed by atoms with Gasteiger partial charge in [0, 0.05) is 30.5 Å². The van der Waals surface area contributed by atoms with Gasteiger partial charge in [0.15, 0.2) is 0 Å². The summed E-state index contributed by atoms with van der Waals surface area (Å²) >= 11 is 0. The van der Waals surface area contributed by atoms with Crippen molar-refractivity contribution >= 4 is 17.5 Å². The number of hydrogen-bond donors (Lipinski definition) is 1. The lowest BCUT2D eigenvalue weighted by Gasteiger charge is -2.18. The van der Waals surface area contributed by atoms with Crippen LogP contribution in [0.1, 0.15) is 65.6 Å². The second-order valence-electron chi connectivity index (χ2n) is 6.56. The van der Waals surface area contributed by atoms with Gasteiger partial charge in [-0.2, -0.15) is 0 Å². The highest BCUT2D eigenvalue weighted by Gasteiger charge is 2.17. The molecule has 0 fully saturated rings. The van der Waals surface area contributed by atoms with Gasteiger partial charge >= 0.3 is 0 Å². The van der Waals surface area contributed by atoms with Crippen molar-refractivity contribution in [3.05, 3.63) is 58.9 Å². The summed E-state index contributed by atoms with van der Waals surface area (Å²) in [4.78, 5) is 31.1. The van der Waals surface area contributed by atoms with Crippen LogP contribution < -0.4 is 5.32 Å². The molecule has 0 atom stereocenters. The van der Waals surface area contributed by atoms with Crippen LogP contribution in [0.4, 0.5) is 5.69 Å². The van der Waals surface area contributed by atoms with Crippen LogP contribution in [0.2, 0.25) is 0 Å². The molecular formula is C21H27N3O2. The summed E-state index contributed by atoms with van der Waals surface area (Å²) in [6, 6.07) is 9.18. The van der Waals surface area contributed by atoms with Gasteiger partial charge in [-0.05, 0) is 49.9 Å². The van der Waals surface area contributed by atoms with Crippen molar-refractivity contribution in [3.8, 4) is 0 Å². The highest BCUT2D eigenvalue weighted by atomic mass is 16.2. The van der Waals surface area contributed by atoms with Crippen LogP contribution in [0.25, 0.3) is 0 Å². The maximum Gasteiger partial charge on any atom is 0.272 e. The SMILES string of the molecule is CCN(CC)C(=O)c1cc(C(=O)Nc2c(C)cccc2C(C)C)ccn1. The van der Waals surface area contributed by atoms with Gasteiger partial charge in [0.2, 0.25) is 0 Å². The quantitative estimate of drug-likeness (QED) is 0.844. The molecule has 5 nitrogen and oxygen atoms in total. The Morgan fingerprint density at radius 3 is 2.46 bits per heavy atom. The standard InChI is InChI=1S/C21H27N3O2/c1-6-24(7-2)21(26)18-13-16(11-12-22-18)20(25)23-19-15(5)9-8-10-17(19)14(3)4/h8-14H,6-7H2,1-5H3,(H,23,25). The first-order valence-corrected chi connectivity index (χ1v) is 9.05. The monoisotopic (exact) mass is 353 g/mol. The Kier molecular flexibility index (Phi) is 6.50. The molecule has 2 amide bonds. The molecule has 1 aromatic heterocycles. The van der Waals surface area contributed by atoms with E-state index in [1.807, 2.05) is 39.0 Å². The van der Waals surface area contributed by atoms with Gasteiger partial charge in [-0.3, -0.25) is 14.6 Å². The van der Waals surface area contributed by atoms with Gasteiger partial charge in [-0.25, -0.2) is 0 Å². The number of aromatic nitrogens is 1. The number of aryl methyl sites for hydroxylation is 1. The zero-order valence-corrected chi connectivity index (χ0v) is 16.2. The average molecular weight is 353 g/mol. The molecule has 2 aromatic rings. The lowest BCUT2D eigenvalue weighted by atomic mass is 9.98. The molecule has 5 heteroatoms. The fourth-order valence-corrected chi connectivity index (χ4v) is 2.89. The van der Waals surface area contributed by atoms with Crippen LogP contribution in [-0.4, -0.2) is 34.8 Å². The number of para-hydroxylation sites is 1. The molecule has 0 saturated carbocycles. The maximum absolute atomic E-state index is 12.8. The molecular weight excluding hydrogens is 326 g/mol. The van der Waals surface area contributed by atoms with E-state index in [1.165, 1.54) is 6.20 Å². The number of nitrogens with zero attached hydrogens (tertiary/aromatic N) is 2. The summed E-state index contributed by atoms with van der Waals surface area (Å²) in [5.41, 5.74) is 3.65. The van der Waals surface area contributed by atoms with Crippen molar-refractivity contribution in [2.24, 2.45) is 0 Å². The molecule has 0 radical (unpaired) electrons. The number of anilines is 1. The molecule has 0 aliphatic heterocycles. The van der Waals surface area contributed by atoms with Crippen LogP contribution in [-0.2, 0) is 0 Å². The van der Waals surface area contributed by atoms with Crippen molar-refractivity contribution in [1.29, 1.82) is 0 Å². The molecule has 0 saturated heterocycles. The summed E-state index contributed by atoms with van der Waals surface area (Å²) < 4.78 is 0. The molecule has 0 bridgehead atoms. The van der Waals surface area contributed by atoms with E-state index in [0.717, 1.165) is 16.8 Å². The summed E-state index contributed by atoms with van der Waals surface area (Å²) in [6.07, 6.45) is 1.51. The van der Waals surface area contributed by atoms with Gasteiger partial charge < -0.3 is 10.2 Å². The predicted octanol–water partition coefficient (Wildman–Crippen LogP) is 4.25. The number of amides is 2. The lowest BCUT2D eigenvalue weighted by molar-refractivity contribution is 0.0767. The van der Waals surface area contributed by atoms with Crippen molar-refractivity contribution < 1.29 is 9.59 Å². The minimum atomic E-state index is -0.239. The molecule has 0 aliphatic rings. The smallest absolute Gasteiger partial charge is 0.272 e. The van der Waals surface area contributed by atoms with Crippen LogP contribution in [0, 0.1) is 6.92 Å². The predicted molar refractivity (Wildman–Crippen MR) is 105 cm³/mol. The molecule has 1 N–H and O–H groups in total. The summed E-state index contributed by atoms with van der Waals surface area (Å²) in [7, 11) is 0. The summed E-state index contributed by atoms with van der Waals surface area (Å²) in [6.45, 7) is 11.2. The van der Waals surface area contributed by atoms with Crippen LogP contribution in [0.3, 0.4) is 0 Å². The second-order valence-corrected chi connectivity index (χ2v) is 6.56. The van der Waals surface area contributed by atoms with Crippen LogP contribution in [0.15, 0.2) is 36.5 Å². The first-order chi connectivity index (χ1) is 12.4. The first kappa shape index (κ1) is 19.6. The number of carbonyl (C=O) groups is 2. The van der Waals surface area contributed by atoms with Crippen LogP contribution >= 0.6 is 0 Å². The fraction of sp³-hybridized carbons (Fsp3) is 0.381. The third kappa shape index (κ3) is 4.28. The summed E-state index contributed by atoms with van der Waals surface area (Å²) in [5, 5.41) is 3.01. The minimum Gasteiger partial charge on any atom is -0.338 e. The zero-order valence-electron chi connectivity index (χ0n) is 16.2. The van der Waals surface area contributed by atoms with E-state index in [0.29, 0.717) is 24.6 Å². The molecule has 1 aromatic carbocycles. The first-order valence-electron chi connectivity index (χ1n) is 9.05. The third-order valence-corrected chi connectivity index (χ3v) is 4.46. The van der Waals surface area contributed by atoms with Gasteiger partial charge in [-0.1, -0.05) is 32.0 Å². The normalized spacial score (nSPS) is 10.7. The van der Waals surface area contributed by atoms with E-state index >= 15 is 0 Å². The summed E-state index contributed by atoms with van der Waals surface area (Å²) in [5.74, 6) is -0.108. The number of pyridine rings is 1. The van der Waals surface area contributed by atoms with Crippen LogP contribution in [0.5, 0.6) is 0 Å². The van der Waals surface area contributed by atoms with E-state index in [2.05, 4.69) is 24.1 Å². The molecule has 2 rings (SSSR count). The van der Waals surface area contributed by atoms with Crippen molar-refractivity contribution in [2.75, 3.05) is 18.4 Å². The van der Waals surface area contributed by atoms with Crippen molar-refractivity contribution in [3.63, 3.8) is 0 Å². The number of benzene rings is 1. The highest BCUT2D eigenvalue weighted by molar-refractivity contribution is 6.06. The van der Waals surface area contributed by atoms with Gasteiger partial charge in [0.25, 0.3) is 11.8 Å². The molecule has 0 spiro atoms. The van der Waals surface area contributed by atoms with Gasteiger partial charge in [-0.15, -0.1) is 0 Å². The van der Waals surface area contributed by atoms with E-state index in [1.54, 1.807) is 17.0 Å². The van der Waals surface area contributed by atoms with E-state index < -0.39 is 0 Å². The molecule has 1 heterocycles. The molecule has 0 unspecified atom stereocenters. The topological polar surface area (TPSA) is 62.3 Å². The number of carbonyl (C=O) groups excluding carboxylic acids is 2. The Morgan fingerprint density at radius 1 is 1.15 bits per heavy atom. The van der Waals surface area contributed by atoms with E-state index in [9.17, 15) is 9.59 Å². The Morgan fingerprint density at radius 2 is 1.85 bits per heavy atom. The molecule has 0 aliphatic carbocycles. The lowest BCUT2D eigenvalue weighted by Crippen LogP contribution is -2.31. The van der Waals surface area contributed by atoms with Gasteiger partial charge in [0.1, 0.15) is 5.69 Å². The largest absolute Gasteiger partial charge is 0.338 e. The van der Waals surface area contributed by atoms with E-state index in [4.69, 9.17) is 0 Å². The Hall–Kier alpha value is -2.69. The zero-order chi connectivity index (χ0) is 19.3. The third-order valence-electron chi connectivity index (χ3n) is 4.46. The Bertz CT molecular complexity index is 796. The van der Waals surface area contributed by atoms with E-state index in [-0.39, 0.29) is 17.5 Å². The molecule has 26 heavy (non-hydrogen) atoms. The average Bonchev–Trinajstić information content (AvgIpc) is 2.64. The fourth-order valence-electron chi connectivity index (χ4n) is 2.89. The Labute approximate surface area is 155 Å². The number of hydrogen-bond acceptors (Lipinski definition) is 3. The minimum absolute atomic E-state index is 0.164. The van der Waals surface area contributed by atoms with Gasteiger partial charge in [0.05, 0.1) is 0 Å².